The van der Waals surface area contributed by atoms with Crippen LogP contribution in [0.15, 0.2) is 34.7 Å². The first-order valence-electron chi connectivity index (χ1n) is 6.87. The van der Waals surface area contributed by atoms with Crippen LogP contribution < -0.4 is 15.8 Å². The molecular weight excluding hydrogens is 304 g/mol. The quantitative estimate of drug-likeness (QED) is 0.856. The standard InChI is InChI=1S/C16H20N2O3.ClH/c1-11-3-5-14(12(2)9-11)20-10-13-4-6-15(21-13)16(19)18-8-7-17;/h3-6,9H,7-8,10,17H2,1-2H3,(H,18,19);1H. The van der Waals surface area contributed by atoms with Crippen LogP contribution in [0, 0.1) is 13.8 Å². The molecule has 0 atom stereocenters. The number of nitrogens with two attached hydrogens (primary N) is 1. The summed E-state index contributed by atoms with van der Waals surface area (Å²) in [6, 6.07) is 9.36. The Morgan fingerprint density at radius 1 is 1.27 bits per heavy atom. The number of hydrogen-bond donors (Lipinski definition) is 2. The minimum absolute atomic E-state index is 0. The highest BCUT2D eigenvalue weighted by atomic mass is 35.5. The van der Waals surface area contributed by atoms with Crippen LogP contribution in [0.2, 0.25) is 0 Å². The fraction of sp³-hybridized carbons (Fsp3) is 0.312. The second-order valence-corrected chi connectivity index (χ2v) is 4.87. The molecule has 0 aliphatic rings. The molecule has 1 heterocycles. The summed E-state index contributed by atoms with van der Waals surface area (Å²) in [6.45, 7) is 5.14. The molecule has 5 nitrogen and oxygen atoms in total. The van der Waals surface area contributed by atoms with Crippen molar-refractivity contribution in [1.29, 1.82) is 0 Å². The van der Waals surface area contributed by atoms with Gasteiger partial charge in [-0.25, -0.2) is 0 Å². The van der Waals surface area contributed by atoms with E-state index in [4.69, 9.17) is 14.9 Å². The maximum Gasteiger partial charge on any atom is 0.287 e. The molecule has 1 aromatic carbocycles. The maximum absolute atomic E-state index is 11.7. The smallest absolute Gasteiger partial charge is 0.287 e. The number of ether oxygens (including phenoxy) is 1. The number of benzene rings is 1. The third kappa shape index (κ3) is 4.79. The molecule has 0 saturated heterocycles. The van der Waals surface area contributed by atoms with Gasteiger partial charge in [0.15, 0.2) is 5.76 Å². The Morgan fingerprint density at radius 3 is 2.73 bits per heavy atom. The van der Waals surface area contributed by atoms with Crippen LogP contribution in [-0.2, 0) is 6.61 Å². The zero-order valence-corrected chi connectivity index (χ0v) is 13.5. The number of hydrogen-bond acceptors (Lipinski definition) is 4. The van der Waals surface area contributed by atoms with Gasteiger partial charge in [-0.3, -0.25) is 4.79 Å². The summed E-state index contributed by atoms with van der Waals surface area (Å²) in [5, 5.41) is 2.65. The number of carbonyl (C=O) groups is 1. The first-order chi connectivity index (χ1) is 10.1. The van der Waals surface area contributed by atoms with Gasteiger partial charge >= 0.3 is 0 Å². The van der Waals surface area contributed by atoms with Crippen molar-refractivity contribution in [2.45, 2.75) is 20.5 Å². The molecule has 0 spiro atoms. The lowest BCUT2D eigenvalue weighted by Gasteiger charge is -2.08. The van der Waals surface area contributed by atoms with Gasteiger partial charge in [-0.15, -0.1) is 12.4 Å². The van der Waals surface area contributed by atoms with E-state index in [0.29, 0.717) is 18.8 Å². The highest BCUT2D eigenvalue weighted by Crippen LogP contribution is 2.20. The largest absolute Gasteiger partial charge is 0.485 e. The summed E-state index contributed by atoms with van der Waals surface area (Å²) in [5.41, 5.74) is 7.59. The van der Waals surface area contributed by atoms with Crippen LogP contribution in [0.3, 0.4) is 0 Å². The lowest BCUT2D eigenvalue weighted by atomic mass is 10.1. The van der Waals surface area contributed by atoms with Gasteiger partial charge in [0.1, 0.15) is 18.1 Å². The molecule has 0 fully saturated rings. The van der Waals surface area contributed by atoms with Crippen LogP contribution in [0.4, 0.5) is 0 Å². The van der Waals surface area contributed by atoms with Crippen LogP contribution >= 0.6 is 12.4 Å². The summed E-state index contributed by atoms with van der Waals surface area (Å²) in [5.74, 6) is 1.42. The molecule has 2 aromatic rings. The first-order valence-corrected chi connectivity index (χ1v) is 6.87. The number of aryl methyl sites for hydroxylation is 2. The second-order valence-electron chi connectivity index (χ2n) is 4.87. The normalized spacial score (nSPS) is 9.95. The predicted molar refractivity (Wildman–Crippen MR) is 87.6 cm³/mol. The average molecular weight is 325 g/mol. The molecule has 1 amide bonds. The van der Waals surface area contributed by atoms with Crippen LogP contribution in [0.5, 0.6) is 5.75 Å². The van der Waals surface area contributed by atoms with Gasteiger partial charge < -0.3 is 20.2 Å². The number of furan rings is 1. The third-order valence-corrected chi connectivity index (χ3v) is 3.02. The molecule has 3 N–H and O–H groups in total. The summed E-state index contributed by atoms with van der Waals surface area (Å²) < 4.78 is 11.2. The Labute approximate surface area is 136 Å². The highest BCUT2D eigenvalue weighted by Gasteiger charge is 2.11. The molecule has 120 valence electrons. The van der Waals surface area contributed by atoms with Crippen LogP contribution in [0.25, 0.3) is 0 Å². The molecular formula is C16H21ClN2O3. The SMILES string of the molecule is Cc1ccc(OCc2ccc(C(=O)NCCN)o2)c(C)c1.Cl. The monoisotopic (exact) mass is 324 g/mol. The minimum Gasteiger partial charge on any atom is -0.485 e. The Balaban J connectivity index is 0.00000242. The van der Waals surface area contributed by atoms with E-state index in [-0.39, 0.29) is 30.7 Å². The van der Waals surface area contributed by atoms with Crippen molar-refractivity contribution in [2.75, 3.05) is 13.1 Å². The van der Waals surface area contributed by atoms with Gasteiger partial charge in [-0.1, -0.05) is 17.7 Å². The van der Waals surface area contributed by atoms with Crippen molar-refractivity contribution in [1.82, 2.24) is 5.32 Å². The van der Waals surface area contributed by atoms with Gasteiger partial charge in [-0.05, 0) is 37.6 Å². The van der Waals surface area contributed by atoms with Gasteiger partial charge in [-0.2, -0.15) is 0 Å². The molecule has 0 radical (unpaired) electrons. The zero-order chi connectivity index (χ0) is 15.2. The molecule has 0 saturated carbocycles. The highest BCUT2D eigenvalue weighted by molar-refractivity contribution is 5.91. The van der Waals surface area contributed by atoms with Gasteiger partial charge in [0.25, 0.3) is 5.91 Å². The van der Waals surface area contributed by atoms with E-state index in [9.17, 15) is 4.79 Å². The van der Waals surface area contributed by atoms with E-state index >= 15 is 0 Å². The fourth-order valence-electron chi connectivity index (χ4n) is 1.96. The van der Waals surface area contributed by atoms with Crippen LogP contribution in [-0.4, -0.2) is 19.0 Å². The Kier molecular flexibility index (Phi) is 6.95. The summed E-state index contributed by atoms with van der Waals surface area (Å²) in [7, 11) is 0. The predicted octanol–water partition coefficient (Wildman–Crippen LogP) is 2.59. The van der Waals surface area contributed by atoms with Crippen molar-refractivity contribution in [2.24, 2.45) is 5.73 Å². The minimum atomic E-state index is -0.266. The van der Waals surface area contributed by atoms with Crippen molar-refractivity contribution in [3.8, 4) is 5.75 Å². The second kappa shape index (κ2) is 8.46. The molecule has 0 unspecified atom stereocenters. The maximum atomic E-state index is 11.7. The van der Waals surface area contributed by atoms with Crippen LogP contribution in [0.1, 0.15) is 27.4 Å². The molecule has 6 heteroatoms. The first kappa shape index (κ1) is 18.1. The summed E-state index contributed by atoms with van der Waals surface area (Å²) in [4.78, 5) is 11.7. The Bertz CT molecular complexity index is 626. The van der Waals surface area contributed by atoms with Gasteiger partial charge in [0.2, 0.25) is 0 Å². The number of carbonyl (C=O) groups excluding carboxylic acids is 1. The Hall–Kier alpha value is -1.98. The van der Waals surface area contributed by atoms with E-state index in [2.05, 4.69) is 11.4 Å². The van der Waals surface area contributed by atoms with E-state index in [0.717, 1.165) is 11.3 Å². The molecule has 0 bridgehead atoms. The summed E-state index contributed by atoms with van der Waals surface area (Å²) >= 11 is 0. The van der Waals surface area contributed by atoms with E-state index < -0.39 is 0 Å². The molecule has 0 aliphatic carbocycles. The van der Waals surface area contributed by atoms with Gasteiger partial charge in [0, 0.05) is 13.1 Å². The average Bonchev–Trinajstić information content (AvgIpc) is 2.93. The lowest BCUT2D eigenvalue weighted by molar-refractivity contribution is 0.0923. The van der Waals surface area contributed by atoms with Crippen molar-refractivity contribution < 1.29 is 13.9 Å². The third-order valence-electron chi connectivity index (χ3n) is 3.02. The molecule has 2 rings (SSSR count). The lowest BCUT2D eigenvalue weighted by Crippen LogP contribution is -2.28. The Morgan fingerprint density at radius 2 is 2.05 bits per heavy atom. The molecule has 1 aromatic heterocycles. The van der Waals surface area contributed by atoms with Crippen molar-refractivity contribution >= 4 is 18.3 Å². The number of nitrogens with one attached hydrogen (secondary N) is 1. The van der Waals surface area contributed by atoms with E-state index in [1.54, 1.807) is 12.1 Å². The fourth-order valence-corrected chi connectivity index (χ4v) is 1.96. The van der Waals surface area contributed by atoms with Crippen molar-refractivity contribution in [3.05, 3.63) is 53.0 Å². The van der Waals surface area contributed by atoms with Crippen molar-refractivity contribution in [3.63, 3.8) is 0 Å². The number of rotatable bonds is 6. The topological polar surface area (TPSA) is 77.5 Å². The number of halogens is 1. The number of amides is 1. The van der Waals surface area contributed by atoms with Gasteiger partial charge in [0.05, 0.1) is 0 Å². The molecule has 0 aliphatic heterocycles. The van der Waals surface area contributed by atoms with E-state index in [1.165, 1.54) is 5.56 Å². The summed E-state index contributed by atoms with van der Waals surface area (Å²) in [6.07, 6.45) is 0. The molecule has 22 heavy (non-hydrogen) atoms. The van der Waals surface area contributed by atoms with E-state index in [1.807, 2.05) is 26.0 Å². The zero-order valence-electron chi connectivity index (χ0n) is 12.7.